The van der Waals surface area contributed by atoms with Crippen molar-refractivity contribution in [3.8, 4) is 11.5 Å². The highest BCUT2D eigenvalue weighted by Gasteiger charge is 2.48. The van der Waals surface area contributed by atoms with Gasteiger partial charge in [0.15, 0.2) is 23.1 Å². The van der Waals surface area contributed by atoms with Gasteiger partial charge in [0.1, 0.15) is 18.1 Å². The maximum Gasteiger partial charge on any atom is 0.165 e. The number of Topliss-reactive ketones (excluding diaryl/α,β-unsaturated/α-hetero) is 2. The molecule has 0 aromatic heterocycles. The van der Waals surface area contributed by atoms with Crippen LogP contribution in [0.5, 0.6) is 11.5 Å². The summed E-state index contributed by atoms with van der Waals surface area (Å²) in [5.74, 6) is 2.07. The molecule has 0 N–H and O–H groups in total. The minimum atomic E-state index is -0.531. The molecule has 3 aliphatic rings. The summed E-state index contributed by atoms with van der Waals surface area (Å²) in [5.41, 5.74) is 2.58. The van der Waals surface area contributed by atoms with Crippen molar-refractivity contribution in [3.05, 3.63) is 82.3 Å². The number of ether oxygens (including phenoxy) is 3. The summed E-state index contributed by atoms with van der Waals surface area (Å²) in [6.45, 7) is 8.70. The van der Waals surface area contributed by atoms with Crippen LogP contribution in [0.3, 0.4) is 0 Å². The Morgan fingerprint density at radius 2 is 1.39 bits per heavy atom. The van der Waals surface area contributed by atoms with E-state index in [-0.39, 0.29) is 22.4 Å². The molecule has 0 radical (unpaired) electrons. The summed E-state index contributed by atoms with van der Waals surface area (Å²) in [4.78, 5) is 27.3. The van der Waals surface area contributed by atoms with Crippen molar-refractivity contribution in [1.82, 2.24) is 0 Å². The van der Waals surface area contributed by atoms with E-state index in [0.717, 1.165) is 11.1 Å². The molecule has 0 fully saturated rings. The molecule has 1 aliphatic heterocycles. The zero-order valence-corrected chi connectivity index (χ0v) is 21.8. The Kier molecular flexibility index (Phi) is 6.06. The Morgan fingerprint density at radius 1 is 0.806 bits per heavy atom. The Hall–Kier alpha value is -3.34. The molecule has 36 heavy (non-hydrogen) atoms. The molecule has 188 valence electrons. The number of benzene rings is 2. The maximum atomic E-state index is 13.6. The van der Waals surface area contributed by atoms with Crippen molar-refractivity contribution in [3.63, 3.8) is 0 Å². The predicted octanol–water partition coefficient (Wildman–Crippen LogP) is 6.67. The van der Waals surface area contributed by atoms with E-state index >= 15 is 0 Å². The SMILES string of the molecule is COc1cccc(C2C3=C(CC(C)(C)CC3=O)OC3=C2C(=O)CC(C)(C)C3)c1OCc1ccccc1. The number of carbonyl (C=O) groups is 2. The Balaban J connectivity index is 1.68. The van der Waals surface area contributed by atoms with Crippen LogP contribution in [0.2, 0.25) is 0 Å². The summed E-state index contributed by atoms with van der Waals surface area (Å²) in [7, 11) is 1.61. The lowest BCUT2D eigenvalue weighted by Crippen LogP contribution is -2.37. The van der Waals surface area contributed by atoms with Gasteiger partial charge in [-0.2, -0.15) is 0 Å². The fraction of sp³-hybridized carbons (Fsp3) is 0.419. The highest BCUT2D eigenvalue weighted by Crippen LogP contribution is 2.55. The lowest BCUT2D eigenvalue weighted by molar-refractivity contribution is -0.120. The number of allylic oxidation sites excluding steroid dienone is 4. The van der Waals surface area contributed by atoms with Gasteiger partial charge in [0, 0.05) is 42.4 Å². The zero-order valence-electron chi connectivity index (χ0n) is 21.8. The van der Waals surface area contributed by atoms with Crippen LogP contribution >= 0.6 is 0 Å². The van der Waals surface area contributed by atoms with Crippen LogP contribution in [-0.2, 0) is 20.9 Å². The minimum Gasteiger partial charge on any atom is -0.493 e. The monoisotopic (exact) mass is 486 g/mol. The molecule has 0 bridgehead atoms. The van der Waals surface area contributed by atoms with Crippen molar-refractivity contribution in [2.75, 3.05) is 7.11 Å². The van der Waals surface area contributed by atoms with Crippen LogP contribution < -0.4 is 9.47 Å². The van der Waals surface area contributed by atoms with Crippen LogP contribution in [0.1, 0.15) is 70.4 Å². The summed E-state index contributed by atoms with van der Waals surface area (Å²) in [5, 5.41) is 0. The fourth-order valence-corrected chi connectivity index (χ4v) is 5.79. The Labute approximate surface area is 213 Å². The van der Waals surface area contributed by atoms with Gasteiger partial charge in [-0.25, -0.2) is 0 Å². The first-order valence-electron chi connectivity index (χ1n) is 12.6. The van der Waals surface area contributed by atoms with Crippen molar-refractivity contribution in [1.29, 1.82) is 0 Å². The quantitative estimate of drug-likeness (QED) is 0.472. The molecule has 5 heteroatoms. The lowest BCUT2D eigenvalue weighted by Gasteiger charge is -2.43. The van der Waals surface area contributed by atoms with Gasteiger partial charge in [0.2, 0.25) is 0 Å². The van der Waals surface area contributed by atoms with Gasteiger partial charge in [0.25, 0.3) is 0 Å². The molecule has 5 rings (SSSR count). The smallest absolute Gasteiger partial charge is 0.165 e. The first-order chi connectivity index (χ1) is 17.1. The van der Waals surface area contributed by atoms with Crippen LogP contribution in [-0.4, -0.2) is 18.7 Å². The first kappa shape index (κ1) is 24.4. The molecule has 0 unspecified atom stereocenters. The number of methoxy groups -OCH3 is 1. The second-order valence-corrected chi connectivity index (χ2v) is 11.7. The topological polar surface area (TPSA) is 61.8 Å². The molecule has 0 saturated carbocycles. The summed E-state index contributed by atoms with van der Waals surface area (Å²) >= 11 is 0. The molecule has 0 atom stereocenters. The molecule has 0 saturated heterocycles. The maximum absolute atomic E-state index is 13.6. The van der Waals surface area contributed by atoms with E-state index in [9.17, 15) is 9.59 Å². The zero-order chi connectivity index (χ0) is 25.7. The molecule has 2 aromatic carbocycles. The van der Waals surface area contributed by atoms with E-state index in [1.165, 1.54) is 0 Å². The standard InChI is InChI=1S/C31H34O5/c1-30(2)14-21(32)27-24(16-30)36-25-17-31(3,4)15-22(33)28(25)26(27)20-12-9-13-23(34-5)29(20)35-18-19-10-7-6-8-11-19/h6-13,26H,14-18H2,1-5H3. The molecule has 1 heterocycles. The molecule has 5 nitrogen and oxygen atoms in total. The summed E-state index contributed by atoms with van der Waals surface area (Å²) < 4.78 is 18.5. The molecule has 0 spiro atoms. The van der Waals surface area contributed by atoms with Gasteiger partial charge >= 0.3 is 0 Å². The van der Waals surface area contributed by atoms with Crippen molar-refractivity contribution in [2.45, 2.75) is 65.9 Å². The van der Waals surface area contributed by atoms with Gasteiger partial charge in [0.05, 0.1) is 13.0 Å². The van der Waals surface area contributed by atoms with E-state index in [0.29, 0.717) is 66.5 Å². The molecular formula is C31H34O5. The minimum absolute atomic E-state index is 0.0345. The largest absolute Gasteiger partial charge is 0.493 e. The second-order valence-electron chi connectivity index (χ2n) is 11.7. The second kappa shape index (κ2) is 8.95. The number of rotatable bonds is 5. The van der Waals surface area contributed by atoms with Crippen molar-refractivity contribution in [2.24, 2.45) is 10.8 Å². The van der Waals surface area contributed by atoms with Gasteiger partial charge < -0.3 is 14.2 Å². The number of hydrogen-bond acceptors (Lipinski definition) is 5. The molecule has 2 aliphatic carbocycles. The van der Waals surface area contributed by atoms with Crippen LogP contribution in [0.15, 0.2) is 71.2 Å². The third-order valence-corrected chi connectivity index (χ3v) is 7.35. The predicted molar refractivity (Wildman–Crippen MR) is 138 cm³/mol. The number of hydrogen-bond donors (Lipinski definition) is 0. The van der Waals surface area contributed by atoms with E-state index in [2.05, 4.69) is 27.7 Å². The highest BCUT2D eigenvalue weighted by molar-refractivity contribution is 6.06. The number of ketones is 2. The number of carbonyl (C=O) groups excluding carboxylic acids is 2. The van der Waals surface area contributed by atoms with E-state index in [1.54, 1.807) is 7.11 Å². The average Bonchev–Trinajstić information content (AvgIpc) is 2.80. The number of para-hydroxylation sites is 1. The Bertz CT molecular complexity index is 1230. The van der Waals surface area contributed by atoms with Crippen LogP contribution in [0.4, 0.5) is 0 Å². The van der Waals surface area contributed by atoms with Crippen LogP contribution in [0, 0.1) is 10.8 Å². The van der Waals surface area contributed by atoms with Gasteiger partial charge in [-0.15, -0.1) is 0 Å². The molecular weight excluding hydrogens is 452 g/mol. The average molecular weight is 487 g/mol. The normalized spacial score (nSPS) is 21.0. The van der Waals surface area contributed by atoms with Crippen molar-refractivity contribution >= 4 is 11.6 Å². The molecule has 0 amide bonds. The van der Waals surface area contributed by atoms with Gasteiger partial charge in [-0.1, -0.05) is 70.2 Å². The Morgan fingerprint density at radius 3 is 1.94 bits per heavy atom. The van der Waals surface area contributed by atoms with E-state index < -0.39 is 5.92 Å². The third-order valence-electron chi connectivity index (χ3n) is 7.35. The highest BCUT2D eigenvalue weighted by atomic mass is 16.5. The molecule has 2 aromatic rings. The van der Waals surface area contributed by atoms with E-state index in [4.69, 9.17) is 14.2 Å². The van der Waals surface area contributed by atoms with Crippen molar-refractivity contribution < 1.29 is 23.8 Å². The van der Waals surface area contributed by atoms with E-state index in [1.807, 2.05) is 48.5 Å². The first-order valence-corrected chi connectivity index (χ1v) is 12.6. The van der Waals surface area contributed by atoms with Gasteiger partial charge in [-0.05, 0) is 22.5 Å². The third kappa shape index (κ3) is 4.47. The summed E-state index contributed by atoms with van der Waals surface area (Å²) in [6, 6.07) is 15.6. The van der Waals surface area contributed by atoms with Gasteiger partial charge in [-0.3, -0.25) is 9.59 Å². The van der Waals surface area contributed by atoms with Crippen LogP contribution in [0.25, 0.3) is 0 Å². The fourth-order valence-electron chi connectivity index (χ4n) is 5.79. The lowest BCUT2D eigenvalue weighted by atomic mass is 9.65. The summed E-state index contributed by atoms with van der Waals surface area (Å²) in [6.07, 6.45) is 2.14.